The second-order valence-electron chi connectivity index (χ2n) is 6.56. The maximum Gasteiger partial charge on any atom is 0.341 e. The van der Waals surface area contributed by atoms with Gasteiger partial charge in [0.2, 0.25) is 0 Å². The number of aromatic nitrogens is 2. The van der Waals surface area contributed by atoms with E-state index in [4.69, 9.17) is 32.7 Å². The van der Waals surface area contributed by atoms with Crippen LogP contribution in [0.1, 0.15) is 49.9 Å². The summed E-state index contributed by atoms with van der Waals surface area (Å²) in [6.45, 7) is 4.84. The molecule has 0 saturated heterocycles. The zero-order chi connectivity index (χ0) is 23.4. The number of para-hydroxylation sites is 1. The van der Waals surface area contributed by atoms with Crippen LogP contribution in [0.15, 0.2) is 30.5 Å². The average Bonchev–Trinajstić information content (AvgIpc) is 3.32. The van der Waals surface area contributed by atoms with Gasteiger partial charge in [0.25, 0.3) is 5.91 Å². The SMILES string of the molecule is CCOC(=O)c1c(NC(=O)c2ccn(COc3c(Cl)cccc3Cl)n2)sc(C(C)=O)c1C. The van der Waals surface area contributed by atoms with Crippen molar-refractivity contribution in [3.05, 3.63) is 62.2 Å². The van der Waals surface area contributed by atoms with E-state index < -0.39 is 11.9 Å². The van der Waals surface area contributed by atoms with E-state index in [1.807, 2.05) is 0 Å². The summed E-state index contributed by atoms with van der Waals surface area (Å²) in [5, 5.41) is 7.75. The summed E-state index contributed by atoms with van der Waals surface area (Å²) < 4.78 is 12.1. The maximum atomic E-state index is 12.7. The quantitative estimate of drug-likeness (QED) is 0.339. The molecule has 0 fully saturated rings. The van der Waals surface area contributed by atoms with E-state index in [1.54, 1.807) is 38.2 Å². The van der Waals surface area contributed by atoms with Crippen molar-refractivity contribution in [1.82, 2.24) is 9.78 Å². The van der Waals surface area contributed by atoms with Gasteiger partial charge in [-0.05, 0) is 44.5 Å². The van der Waals surface area contributed by atoms with Crippen molar-refractivity contribution in [2.75, 3.05) is 11.9 Å². The molecule has 1 amide bonds. The molecule has 8 nitrogen and oxygen atoms in total. The monoisotopic (exact) mass is 495 g/mol. The number of thiophene rings is 1. The van der Waals surface area contributed by atoms with E-state index in [0.29, 0.717) is 26.2 Å². The first-order valence-corrected chi connectivity index (χ1v) is 11.0. The molecule has 3 aromatic rings. The average molecular weight is 496 g/mol. The number of ketones is 1. The van der Waals surface area contributed by atoms with Crippen LogP contribution in [0.3, 0.4) is 0 Å². The number of carbonyl (C=O) groups excluding carboxylic acids is 3. The van der Waals surface area contributed by atoms with Gasteiger partial charge in [0.15, 0.2) is 24.0 Å². The number of benzene rings is 1. The second kappa shape index (κ2) is 10.2. The molecule has 0 radical (unpaired) electrons. The van der Waals surface area contributed by atoms with Crippen molar-refractivity contribution >= 4 is 57.2 Å². The Balaban J connectivity index is 1.77. The van der Waals surface area contributed by atoms with Gasteiger partial charge in [0, 0.05) is 6.20 Å². The van der Waals surface area contributed by atoms with Crippen LogP contribution in [0.5, 0.6) is 5.75 Å². The lowest BCUT2D eigenvalue weighted by atomic mass is 10.1. The maximum absolute atomic E-state index is 12.7. The third kappa shape index (κ3) is 5.12. The fraction of sp³-hybridized carbons (Fsp3) is 0.238. The molecule has 168 valence electrons. The Morgan fingerprint density at radius 1 is 1.19 bits per heavy atom. The minimum atomic E-state index is -0.611. The molecule has 3 rings (SSSR count). The van der Waals surface area contributed by atoms with Gasteiger partial charge >= 0.3 is 5.97 Å². The number of Topliss-reactive ketones (excluding diaryl/α,β-unsaturated/α-hetero) is 1. The fourth-order valence-electron chi connectivity index (χ4n) is 2.86. The van der Waals surface area contributed by atoms with Crippen molar-refractivity contribution < 1.29 is 23.9 Å². The topological polar surface area (TPSA) is 99.5 Å². The van der Waals surface area contributed by atoms with Crippen molar-refractivity contribution in [1.29, 1.82) is 0 Å². The zero-order valence-corrected chi connectivity index (χ0v) is 19.7. The van der Waals surface area contributed by atoms with Gasteiger partial charge in [-0.3, -0.25) is 9.59 Å². The Morgan fingerprint density at radius 2 is 1.88 bits per heavy atom. The van der Waals surface area contributed by atoms with E-state index in [2.05, 4.69) is 10.4 Å². The van der Waals surface area contributed by atoms with E-state index in [0.717, 1.165) is 11.3 Å². The van der Waals surface area contributed by atoms with Gasteiger partial charge in [0.05, 0.1) is 27.1 Å². The van der Waals surface area contributed by atoms with E-state index >= 15 is 0 Å². The summed E-state index contributed by atoms with van der Waals surface area (Å²) in [7, 11) is 0. The Hall–Kier alpha value is -2.88. The number of carbonyl (C=O) groups is 3. The molecular formula is C21H19Cl2N3O5S. The summed E-state index contributed by atoms with van der Waals surface area (Å²) >= 11 is 13.2. The molecule has 32 heavy (non-hydrogen) atoms. The van der Waals surface area contributed by atoms with E-state index in [-0.39, 0.29) is 35.4 Å². The first-order valence-electron chi connectivity index (χ1n) is 9.46. The van der Waals surface area contributed by atoms with E-state index in [9.17, 15) is 14.4 Å². The number of ether oxygens (including phenoxy) is 2. The zero-order valence-electron chi connectivity index (χ0n) is 17.4. The Morgan fingerprint density at radius 3 is 2.50 bits per heavy atom. The highest BCUT2D eigenvalue weighted by Crippen LogP contribution is 2.34. The van der Waals surface area contributed by atoms with Gasteiger partial charge in [0.1, 0.15) is 5.00 Å². The number of anilines is 1. The molecule has 2 heterocycles. The third-order valence-corrected chi connectivity index (χ3v) is 6.21. The lowest BCUT2D eigenvalue weighted by Crippen LogP contribution is -2.16. The molecular weight excluding hydrogens is 477 g/mol. The molecule has 0 atom stereocenters. The standard InChI is InChI=1S/C21H19Cl2N3O5S/c1-4-30-21(29)16-11(2)18(12(3)27)32-20(16)24-19(28)15-8-9-26(25-15)10-31-17-13(22)6-5-7-14(17)23/h5-9H,4,10H2,1-3H3,(H,24,28). The van der Waals surface area contributed by atoms with Crippen molar-refractivity contribution in [3.63, 3.8) is 0 Å². The highest BCUT2D eigenvalue weighted by molar-refractivity contribution is 7.18. The van der Waals surface area contributed by atoms with Gasteiger partial charge < -0.3 is 14.8 Å². The van der Waals surface area contributed by atoms with Crippen LogP contribution >= 0.6 is 34.5 Å². The lowest BCUT2D eigenvalue weighted by Gasteiger charge is -2.09. The van der Waals surface area contributed by atoms with Gasteiger partial charge in [-0.15, -0.1) is 11.3 Å². The first kappa shape index (κ1) is 23.8. The van der Waals surface area contributed by atoms with Crippen molar-refractivity contribution in [2.24, 2.45) is 0 Å². The summed E-state index contributed by atoms with van der Waals surface area (Å²) in [5.41, 5.74) is 0.711. The summed E-state index contributed by atoms with van der Waals surface area (Å²) in [5.74, 6) is -1.07. The minimum absolute atomic E-state index is 0.0304. The predicted octanol–water partition coefficient (Wildman–Crippen LogP) is 5.23. The smallest absolute Gasteiger partial charge is 0.341 e. The number of esters is 1. The normalized spacial score (nSPS) is 10.7. The van der Waals surface area contributed by atoms with Crippen molar-refractivity contribution in [3.8, 4) is 5.75 Å². The molecule has 1 N–H and O–H groups in total. The predicted molar refractivity (Wildman–Crippen MR) is 122 cm³/mol. The molecule has 0 aliphatic carbocycles. The molecule has 0 bridgehead atoms. The highest BCUT2D eigenvalue weighted by atomic mass is 35.5. The minimum Gasteiger partial charge on any atom is -0.468 e. The number of halogens is 2. The molecule has 0 aliphatic rings. The summed E-state index contributed by atoms with van der Waals surface area (Å²) in [6, 6.07) is 6.47. The molecule has 1 aromatic carbocycles. The van der Waals surface area contributed by atoms with Crippen molar-refractivity contribution in [2.45, 2.75) is 27.5 Å². The van der Waals surface area contributed by atoms with Crippen LogP contribution in [-0.4, -0.2) is 34.0 Å². The number of amides is 1. The third-order valence-electron chi connectivity index (χ3n) is 4.31. The van der Waals surface area contributed by atoms with Gasteiger partial charge in [-0.2, -0.15) is 5.10 Å². The first-order chi connectivity index (χ1) is 15.2. The number of nitrogens with one attached hydrogen (secondary N) is 1. The van der Waals surface area contributed by atoms with Crippen LogP contribution in [0.4, 0.5) is 5.00 Å². The second-order valence-corrected chi connectivity index (χ2v) is 8.39. The molecule has 0 saturated carbocycles. The largest absolute Gasteiger partial charge is 0.468 e. The summed E-state index contributed by atoms with van der Waals surface area (Å²) in [6.07, 6.45) is 1.55. The molecule has 11 heteroatoms. The number of rotatable bonds is 8. The van der Waals surface area contributed by atoms with Crippen LogP contribution < -0.4 is 10.1 Å². The number of hydrogen-bond donors (Lipinski definition) is 1. The summed E-state index contributed by atoms with van der Waals surface area (Å²) in [4.78, 5) is 37.4. The van der Waals surface area contributed by atoms with E-state index in [1.165, 1.54) is 17.7 Å². The van der Waals surface area contributed by atoms with Gasteiger partial charge in [-0.25, -0.2) is 9.48 Å². The van der Waals surface area contributed by atoms with Crippen LogP contribution in [0.2, 0.25) is 10.0 Å². The molecule has 0 aliphatic heterocycles. The Kier molecular flexibility index (Phi) is 7.55. The molecule has 0 unspecified atom stereocenters. The highest BCUT2D eigenvalue weighted by Gasteiger charge is 2.26. The molecule has 2 aromatic heterocycles. The fourth-order valence-corrected chi connectivity index (χ4v) is 4.45. The Bertz CT molecular complexity index is 1170. The lowest BCUT2D eigenvalue weighted by molar-refractivity contribution is 0.0527. The van der Waals surface area contributed by atoms with Crippen LogP contribution in [0, 0.1) is 6.92 Å². The molecule has 0 spiro atoms. The van der Waals surface area contributed by atoms with Crippen LogP contribution in [0.25, 0.3) is 0 Å². The van der Waals surface area contributed by atoms with Gasteiger partial charge in [-0.1, -0.05) is 29.3 Å². The Labute approximate surface area is 198 Å². The van der Waals surface area contributed by atoms with Crippen LogP contribution in [-0.2, 0) is 11.5 Å². The number of hydrogen-bond acceptors (Lipinski definition) is 7. The number of nitrogens with zero attached hydrogens (tertiary/aromatic N) is 2.